The standard InChI is InChI=1S/C20H25N3O3S/c1-16-14-17(23-12-6-7-13-23)10-11-19(16)21-20(24)15-22(2)27(25,26)18-8-4-3-5-9-18/h3-5,8-11,14H,6-7,12-13,15H2,1-2H3,(H,21,24). The fourth-order valence-corrected chi connectivity index (χ4v) is 4.36. The number of amides is 1. The van der Waals surface area contributed by atoms with Gasteiger partial charge in [-0.15, -0.1) is 0 Å². The highest BCUT2D eigenvalue weighted by molar-refractivity contribution is 7.89. The molecule has 1 heterocycles. The molecule has 1 fully saturated rings. The summed E-state index contributed by atoms with van der Waals surface area (Å²) in [6.07, 6.45) is 2.42. The molecule has 3 rings (SSSR count). The van der Waals surface area contributed by atoms with Crippen LogP contribution in [0.25, 0.3) is 0 Å². The second-order valence-corrected chi connectivity index (χ2v) is 8.86. The first-order valence-electron chi connectivity index (χ1n) is 9.05. The lowest BCUT2D eigenvalue weighted by Crippen LogP contribution is -2.35. The summed E-state index contributed by atoms with van der Waals surface area (Å²) in [5.41, 5.74) is 2.82. The highest BCUT2D eigenvalue weighted by Gasteiger charge is 2.23. The van der Waals surface area contributed by atoms with E-state index in [1.54, 1.807) is 18.2 Å². The first-order chi connectivity index (χ1) is 12.9. The molecule has 7 heteroatoms. The lowest BCUT2D eigenvalue weighted by atomic mass is 10.1. The Bertz CT molecular complexity index is 907. The first kappa shape index (κ1) is 19.4. The number of sulfonamides is 1. The van der Waals surface area contributed by atoms with Crippen LogP contribution < -0.4 is 10.2 Å². The van der Waals surface area contributed by atoms with Crippen molar-refractivity contribution in [3.8, 4) is 0 Å². The lowest BCUT2D eigenvalue weighted by molar-refractivity contribution is -0.116. The van der Waals surface area contributed by atoms with E-state index in [9.17, 15) is 13.2 Å². The summed E-state index contributed by atoms with van der Waals surface area (Å²) in [5, 5.41) is 2.82. The van der Waals surface area contributed by atoms with Crippen LogP contribution in [0, 0.1) is 6.92 Å². The topological polar surface area (TPSA) is 69.7 Å². The van der Waals surface area contributed by atoms with Crippen LogP contribution in [-0.4, -0.2) is 45.3 Å². The average Bonchev–Trinajstić information content (AvgIpc) is 3.18. The summed E-state index contributed by atoms with van der Waals surface area (Å²) < 4.78 is 26.1. The fourth-order valence-electron chi connectivity index (χ4n) is 3.21. The van der Waals surface area contributed by atoms with Gasteiger partial charge in [-0.05, 0) is 55.7 Å². The van der Waals surface area contributed by atoms with Gasteiger partial charge in [0, 0.05) is 31.5 Å². The first-order valence-corrected chi connectivity index (χ1v) is 10.5. The van der Waals surface area contributed by atoms with Gasteiger partial charge in [0.05, 0.1) is 11.4 Å². The number of benzene rings is 2. The normalized spacial score (nSPS) is 14.6. The largest absolute Gasteiger partial charge is 0.372 e. The van der Waals surface area contributed by atoms with Gasteiger partial charge in [0.2, 0.25) is 15.9 Å². The quantitative estimate of drug-likeness (QED) is 0.827. The summed E-state index contributed by atoms with van der Waals surface area (Å²) in [6.45, 7) is 3.82. The van der Waals surface area contributed by atoms with Crippen LogP contribution in [0.4, 0.5) is 11.4 Å². The highest BCUT2D eigenvalue weighted by Crippen LogP contribution is 2.25. The Balaban J connectivity index is 1.65. The number of likely N-dealkylation sites (N-methyl/N-ethyl adjacent to an activating group) is 1. The van der Waals surface area contributed by atoms with Crippen molar-refractivity contribution < 1.29 is 13.2 Å². The molecule has 2 aromatic carbocycles. The molecule has 0 aliphatic carbocycles. The number of anilines is 2. The molecule has 0 saturated carbocycles. The van der Waals surface area contributed by atoms with Crippen LogP contribution in [0.1, 0.15) is 18.4 Å². The van der Waals surface area contributed by atoms with E-state index in [1.807, 2.05) is 19.1 Å². The van der Waals surface area contributed by atoms with Gasteiger partial charge in [0.1, 0.15) is 0 Å². The number of nitrogens with one attached hydrogen (secondary N) is 1. The van der Waals surface area contributed by atoms with Gasteiger partial charge in [-0.3, -0.25) is 4.79 Å². The molecule has 27 heavy (non-hydrogen) atoms. The molecule has 0 atom stereocenters. The third-order valence-electron chi connectivity index (χ3n) is 4.77. The van der Waals surface area contributed by atoms with Gasteiger partial charge in [0.15, 0.2) is 0 Å². The minimum atomic E-state index is -3.69. The van der Waals surface area contributed by atoms with E-state index < -0.39 is 10.0 Å². The van der Waals surface area contributed by atoms with Gasteiger partial charge in [-0.1, -0.05) is 18.2 Å². The zero-order chi connectivity index (χ0) is 19.4. The van der Waals surface area contributed by atoms with Crippen molar-refractivity contribution in [2.24, 2.45) is 0 Å². The number of hydrogen-bond donors (Lipinski definition) is 1. The highest BCUT2D eigenvalue weighted by atomic mass is 32.2. The van der Waals surface area contributed by atoms with Crippen molar-refractivity contribution in [3.05, 3.63) is 54.1 Å². The Kier molecular flexibility index (Phi) is 5.82. The molecule has 0 aromatic heterocycles. The molecule has 1 N–H and O–H groups in total. The molecular formula is C20H25N3O3S. The maximum absolute atomic E-state index is 12.5. The molecule has 1 aliphatic rings. The summed E-state index contributed by atoms with van der Waals surface area (Å²) in [4.78, 5) is 14.9. The summed E-state index contributed by atoms with van der Waals surface area (Å²) in [5.74, 6) is -0.367. The van der Waals surface area contributed by atoms with Crippen LogP contribution in [-0.2, 0) is 14.8 Å². The summed E-state index contributed by atoms with van der Waals surface area (Å²) >= 11 is 0. The van der Waals surface area contributed by atoms with Gasteiger partial charge >= 0.3 is 0 Å². The average molecular weight is 388 g/mol. The van der Waals surface area contributed by atoms with Gasteiger partial charge in [-0.25, -0.2) is 8.42 Å². The van der Waals surface area contributed by atoms with Crippen LogP contribution in [0.15, 0.2) is 53.4 Å². The van der Waals surface area contributed by atoms with E-state index in [-0.39, 0.29) is 17.3 Å². The number of aryl methyl sites for hydroxylation is 1. The van der Waals surface area contributed by atoms with Gasteiger partial charge < -0.3 is 10.2 Å². The van der Waals surface area contributed by atoms with Crippen molar-refractivity contribution >= 4 is 27.3 Å². The van der Waals surface area contributed by atoms with Crippen molar-refractivity contribution in [2.75, 3.05) is 36.9 Å². The van der Waals surface area contributed by atoms with Crippen molar-refractivity contribution in [1.82, 2.24) is 4.31 Å². The van der Waals surface area contributed by atoms with E-state index in [4.69, 9.17) is 0 Å². The van der Waals surface area contributed by atoms with Crippen LogP contribution in [0.5, 0.6) is 0 Å². The molecule has 0 unspecified atom stereocenters. The number of hydrogen-bond acceptors (Lipinski definition) is 4. The molecular weight excluding hydrogens is 362 g/mol. The Morgan fingerprint density at radius 1 is 1.11 bits per heavy atom. The van der Waals surface area contributed by atoms with Crippen molar-refractivity contribution in [1.29, 1.82) is 0 Å². The van der Waals surface area contributed by atoms with E-state index in [1.165, 1.54) is 32.0 Å². The van der Waals surface area contributed by atoms with E-state index in [0.29, 0.717) is 5.69 Å². The smallest absolute Gasteiger partial charge is 0.243 e. The molecule has 1 aliphatic heterocycles. The van der Waals surface area contributed by atoms with Gasteiger partial charge in [-0.2, -0.15) is 4.31 Å². The third kappa shape index (κ3) is 4.48. The zero-order valence-corrected chi connectivity index (χ0v) is 16.5. The Morgan fingerprint density at radius 2 is 1.78 bits per heavy atom. The van der Waals surface area contributed by atoms with E-state index in [0.717, 1.165) is 28.6 Å². The predicted molar refractivity (Wildman–Crippen MR) is 108 cm³/mol. The van der Waals surface area contributed by atoms with Gasteiger partial charge in [0.25, 0.3) is 0 Å². The van der Waals surface area contributed by atoms with E-state index >= 15 is 0 Å². The zero-order valence-electron chi connectivity index (χ0n) is 15.7. The number of carbonyl (C=O) groups is 1. The Hall–Kier alpha value is -2.38. The van der Waals surface area contributed by atoms with Crippen LogP contribution in [0.3, 0.4) is 0 Å². The molecule has 2 aromatic rings. The third-order valence-corrected chi connectivity index (χ3v) is 6.59. The van der Waals surface area contributed by atoms with Crippen LogP contribution in [0.2, 0.25) is 0 Å². The maximum atomic E-state index is 12.5. The predicted octanol–water partition coefficient (Wildman–Crippen LogP) is 2.85. The molecule has 1 saturated heterocycles. The molecule has 0 bridgehead atoms. The minimum absolute atomic E-state index is 0.173. The summed E-state index contributed by atoms with van der Waals surface area (Å²) in [6, 6.07) is 14.0. The second-order valence-electron chi connectivity index (χ2n) is 6.82. The van der Waals surface area contributed by atoms with Crippen molar-refractivity contribution in [2.45, 2.75) is 24.7 Å². The second kappa shape index (κ2) is 8.10. The molecule has 144 valence electrons. The lowest BCUT2D eigenvalue weighted by Gasteiger charge is -2.20. The minimum Gasteiger partial charge on any atom is -0.372 e. The Labute approximate surface area is 160 Å². The monoisotopic (exact) mass is 387 g/mol. The van der Waals surface area contributed by atoms with Crippen molar-refractivity contribution in [3.63, 3.8) is 0 Å². The van der Waals surface area contributed by atoms with Crippen LogP contribution >= 0.6 is 0 Å². The molecule has 6 nitrogen and oxygen atoms in total. The number of rotatable bonds is 6. The number of nitrogens with zero attached hydrogens (tertiary/aromatic N) is 2. The fraction of sp³-hybridized carbons (Fsp3) is 0.350. The summed E-state index contributed by atoms with van der Waals surface area (Å²) in [7, 11) is -2.28. The molecule has 0 radical (unpaired) electrons. The van der Waals surface area contributed by atoms with E-state index in [2.05, 4.69) is 16.3 Å². The Morgan fingerprint density at radius 3 is 2.41 bits per heavy atom. The SMILES string of the molecule is Cc1cc(N2CCCC2)ccc1NC(=O)CN(C)S(=O)(=O)c1ccccc1. The number of carbonyl (C=O) groups excluding carboxylic acids is 1. The maximum Gasteiger partial charge on any atom is 0.243 e. The molecule has 0 spiro atoms. The molecule has 1 amide bonds.